The van der Waals surface area contributed by atoms with E-state index in [1.807, 2.05) is 4.90 Å². The van der Waals surface area contributed by atoms with Gasteiger partial charge in [0.15, 0.2) is 0 Å². The van der Waals surface area contributed by atoms with Gasteiger partial charge in [-0.1, -0.05) is 0 Å². The Kier molecular flexibility index (Phi) is 4.53. The number of hydrogen-bond acceptors (Lipinski definition) is 3. The first kappa shape index (κ1) is 12.1. The van der Waals surface area contributed by atoms with Gasteiger partial charge < -0.3 is 10.6 Å². The molecule has 1 aliphatic heterocycles. The number of nitrogens with zero attached hydrogens (tertiary/aromatic N) is 1. The van der Waals surface area contributed by atoms with Crippen molar-refractivity contribution in [3.05, 3.63) is 0 Å². The van der Waals surface area contributed by atoms with E-state index in [-0.39, 0.29) is 23.6 Å². The lowest BCUT2D eigenvalue weighted by Gasteiger charge is -2.30. The fourth-order valence-corrected chi connectivity index (χ4v) is 2.17. The smallest absolute Gasteiger partial charge is 0.327 e. The van der Waals surface area contributed by atoms with Crippen LogP contribution in [0.25, 0.3) is 0 Å². The molecule has 0 aliphatic carbocycles. The fourth-order valence-electron chi connectivity index (χ4n) is 1.58. The second kappa shape index (κ2) is 5.23. The van der Waals surface area contributed by atoms with Crippen LogP contribution in [0.15, 0.2) is 0 Å². The van der Waals surface area contributed by atoms with Crippen molar-refractivity contribution in [3.8, 4) is 0 Å². The molecule has 0 spiro atoms. The molecule has 1 rings (SSSR count). The predicted octanol–water partition coefficient (Wildman–Crippen LogP) is 1.66. The molecule has 0 aromatic carbocycles. The molecule has 84 valence electrons. The van der Waals surface area contributed by atoms with E-state index >= 15 is 0 Å². The first-order valence-corrected chi connectivity index (χ1v) is 5.64. The molecular weight excluding hydrogens is 213 g/mol. The monoisotopic (exact) mass is 228 g/mol. The van der Waals surface area contributed by atoms with Gasteiger partial charge in [-0.2, -0.15) is 13.2 Å². The zero-order valence-electron chi connectivity index (χ0n) is 7.89. The van der Waals surface area contributed by atoms with Crippen molar-refractivity contribution in [1.29, 1.82) is 0 Å². The summed E-state index contributed by atoms with van der Waals surface area (Å²) in [5.41, 5.74) is 1.61. The molecule has 14 heavy (non-hydrogen) atoms. The number of rotatable bonds is 3. The van der Waals surface area contributed by atoms with Crippen LogP contribution in [0.5, 0.6) is 0 Å². The Labute approximate surface area is 86.0 Å². The van der Waals surface area contributed by atoms with E-state index in [1.54, 1.807) is 0 Å². The van der Waals surface area contributed by atoms with Gasteiger partial charge in [-0.15, -0.1) is 0 Å². The van der Waals surface area contributed by atoms with Gasteiger partial charge in [0, 0.05) is 24.9 Å². The van der Waals surface area contributed by atoms with Crippen LogP contribution in [0, 0.1) is 0 Å². The van der Waals surface area contributed by atoms with Crippen molar-refractivity contribution in [2.45, 2.75) is 24.4 Å². The minimum absolute atomic E-state index is 0.0460. The van der Waals surface area contributed by atoms with Crippen LogP contribution in [0.2, 0.25) is 0 Å². The standard InChI is InChI=1S/C8H15F3N2S/c9-8(10,11)14-5-4-13-3-1-2-7(12)6-13/h7H,1-6,12H2/t7-/m1/s1. The zero-order chi connectivity index (χ0) is 10.6. The molecule has 1 atom stereocenters. The van der Waals surface area contributed by atoms with Gasteiger partial charge >= 0.3 is 5.51 Å². The first-order valence-electron chi connectivity index (χ1n) is 4.66. The lowest BCUT2D eigenvalue weighted by Crippen LogP contribution is -2.43. The number of alkyl halides is 3. The van der Waals surface area contributed by atoms with E-state index < -0.39 is 5.51 Å². The van der Waals surface area contributed by atoms with Crippen LogP contribution in [-0.2, 0) is 0 Å². The Hall–Kier alpha value is 0.0600. The van der Waals surface area contributed by atoms with Gasteiger partial charge in [0.1, 0.15) is 0 Å². The summed E-state index contributed by atoms with van der Waals surface area (Å²) in [6, 6.07) is 0.139. The lowest BCUT2D eigenvalue weighted by atomic mass is 10.1. The average molecular weight is 228 g/mol. The molecule has 0 amide bonds. The van der Waals surface area contributed by atoms with Crippen LogP contribution in [-0.4, -0.2) is 41.8 Å². The molecule has 6 heteroatoms. The number of nitrogens with two attached hydrogens (primary N) is 1. The van der Waals surface area contributed by atoms with Crippen molar-refractivity contribution in [2.24, 2.45) is 5.73 Å². The number of halogens is 3. The highest BCUT2D eigenvalue weighted by molar-refractivity contribution is 8.00. The summed E-state index contributed by atoms with van der Waals surface area (Å²) in [6.45, 7) is 2.10. The molecule has 1 saturated heterocycles. The third kappa shape index (κ3) is 5.07. The van der Waals surface area contributed by atoms with E-state index in [2.05, 4.69) is 0 Å². The maximum absolute atomic E-state index is 11.8. The fraction of sp³-hybridized carbons (Fsp3) is 1.00. The van der Waals surface area contributed by atoms with E-state index in [1.165, 1.54) is 0 Å². The molecular formula is C8H15F3N2S. The van der Waals surface area contributed by atoms with Gasteiger partial charge in [-0.25, -0.2) is 0 Å². The summed E-state index contributed by atoms with van der Waals surface area (Å²) >= 11 is 0.0460. The molecule has 0 radical (unpaired) electrons. The summed E-state index contributed by atoms with van der Waals surface area (Å²) in [4.78, 5) is 2.01. The minimum atomic E-state index is -4.10. The van der Waals surface area contributed by atoms with Crippen LogP contribution in [0.1, 0.15) is 12.8 Å². The van der Waals surface area contributed by atoms with Crippen LogP contribution in [0.4, 0.5) is 13.2 Å². The summed E-state index contributed by atoms with van der Waals surface area (Å²) in [7, 11) is 0. The Morgan fingerprint density at radius 3 is 2.71 bits per heavy atom. The number of likely N-dealkylation sites (tertiary alicyclic amines) is 1. The highest BCUT2D eigenvalue weighted by Crippen LogP contribution is 2.29. The molecule has 2 N–H and O–H groups in total. The molecule has 0 aromatic rings. The number of piperidine rings is 1. The van der Waals surface area contributed by atoms with Crippen LogP contribution < -0.4 is 5.73 Å². The van der Waals surface area contributed by atoms with E-state index in [0.717, 1.165) is 25.9 Å². The second-order valence-electron chi connectivity index (χ2n) is 3.50. The summed E-state index contributed by atoms with van der Waals surface area (Å²) in [5, 5.41) is 0. The molecule has 0 saturated carbocycles. The highest BCUT2D eigenvalue weighted by Gasteiger charge is 2.28. The van der Waals surface area contributed by atoms with Gasteiger partial charge in [0.2, 0.25) is 0 Å². The normalized spacial score (nSPS) is 25.3. The Morgan fingerprint density at radius 1 is 1.43 bits per heavy atom. The van der Waals surface area contributed by atoms with Gasteiger partial charge in [0.05, 0.1) is 0 Å². The molecule has 0 unspecified atom stereocenters. The van der Waals surface area contributed by atoms with Gasteiger partial charge in [0.25, 0.3) is 0 Å². The lowest BCUT2D eigenvalue weighted by molar-refractivity contribution is -0.0328. The summed E-state index contributed by atoms with van der Waals surface area (Å²) < 4.78 is 35.4. The van der Waals surface area contributed by atoms with Crippen molar-refractivity contribution >= 4 is 11.8 Å². The van der Waals surface area contributed by atoms with E-state index in [0.29, 0.717) is 6.54 Å². The van der Waals surface area contributed by atoms with E-state index in [9.17, 15) is 13.2 Å². The Morgan fingerprint density at radius 2 is 2.14 bits per heavy atom. The molecule has 1 fully saturated rings. The van der Waals surface area contributed by atoms with Crippen molar-refractivity contribution in [2.75, 3.05) is 25.4 Å². The maximum atomic E-state index is 11.8. The van der Waals surface area contributed by atoms with E-state index in [4.69, 9.17) is 5.73 Å². The Bertz CT molecular complexity index is 174. The minimum Gasteiger partial charge on any atom is -0.327 e. The highest BCUT2D eigenvalue weighted by atomic mass is 32.2. The molecule has 0 aromatic heterocycles. The molecule has 2 nitrogen and oxygen atoms in total. The third-order valence-electron chi connectivity index (χ3n) is 2.22. The zero-order valence-corrected chi connectivity index (χ0v) is 8.70. The quantitative estimate of drug-likeness (QED) is 0.796. The van der Waals surface area contributed by atoms with Crippen molar-refractivity contribution in [1.82, 2.24) is 4.90 Å². The maximum Gasteiger partial charge on any atom is 0.441 e. The number of hydrogen-bond donors (Lipinski definition) is 1. The molecule has 1 heterocycles. The van der Waals surface area contributed by atoms with Crippen LogP contribution in [0.3, 0.4) is 0 Å². The third-order valence-corrected chi connectivity index (χ3v) is 2.93. The Balaban J connectivity index is 2.12. The van der Waals surface area contributed by atoms with Gasteiger partial charge in [-0.05, 0) is 31.1 Å². The molecule has 1 aliphatic rings. The molecule has 0 bridgehead atoms. The average Bonchev–Trinajstić information content (AvgIpc) is 2.01. The van der Waals surface area contributed by atoms with Crippen LogP contribution >= 0.6 is 11.8 Å². The summed E-state index contributed by atoms with van der Waals surface area (Å²) in [5.74, 6) is 0.107. The second-order valence-corrected chi connectivity index (χ2v) is 4.66. The number of thioether (sulfide) groups is 1. The SMILES string of the molecule is N[C@@H]1CCCN(CCSC(F)(F)F)C1. The van der Waals surface area contributed by atoms with Gasteiger partial charge in [-0.3, -0.25) is 0 Å². The summed E-state index contributed by atoms with van der Waals surface area (Å²) in [6.07, 6.45) is 1.99. The first-order chi connectivity index (χ1) is 6.47. The van der Waals surface area contributed by atoms with Crippen molar-refractivity contribution in [3.63, 3.8) is 0 Å². The predicted molar refractivity (Wildman–Crippen MR) is 52.2 cm³/mol. The van der Waals surface area contributed by atoms with Crippen molar-refractivity contribution < 1.29 is 13.2 Å². The topological polar surface area (TPSA) is 29.3 Å². The largest absolute Gasteiger partial charge is 0.441 e.